The van der Waals surface area contributed by atoms with E-state index in [1.807, 2.05) is 62.4 Å². The number of rotatable bonds is 4. The van der Waals surface area contributed by atoms with Crippen LogP contribution in [0.2, 0.25) is 0 Å². The molecule has 1 unspecified atom stereocenters. The first kappa shape index (κ1) is 20.4. The van der Waals surface area contributed by atoms with Crippen LogP contribution in [0.15, 0.2) is 78.4 Å². The van der Waals surface area contributed by atoms with Crippen LogP contribution in [0.3, 0.4) is 0 Å². The van der Waals surface area contributed by atoms with Crippen molar-refractivity contribution < 1.29 is 19.4 Å². The van der Waals surface area contributed by atoms with Gasteiger partial charge in [0.25, 0.3) is 11.7 Å². The minimum atomic E-state index is -0.741. The minimum Gasteiger partial charge on any atom is -0.507 e. The summed E-state index contributed by atoms with van der Waals surface area (Å²) in [6.45, 7) is 3.88. The second-order valence-electron chi connectivity index (χ2n) is 7.59. The fraction of sp³-hybridized carbons (Fsp3) is 0.154. The van der Waals surface area contributed by atoms with Gasteiger partial charge in [-0.1, -0.05) is 54.1 Å². The number of aliphatic hydroxyl groups is 1. The van der Waals surface area contributed by atoms with Gasteiger partial charge in [0, 0.05) is 11.3 Å². The lowest BCUT2D eigenvalue weighted by Gasteiger charge is -2.26. The van der Waals surface area contributed by atoms with E-state index in [-0.39, 0.29) is 11.3 Å². The van der Waals surface area contributed by atoms with Crippen molar-refractivity contribution >= 4 is 23.1 Å². The fourth-order valence-electron chi connectivity index (χ4n) is 3.92. The van der Waals surface area contributed by atoms with E-state index in [0.29, 0.717) is 17.0 Å². The normalized spacial score (nSPS) is 17.8. The van der Waals surface area contributed by atoms with Crippen molar-refractivity contribution in [3.8, 4) is 5.75 Å². The smallest absolute Gasteiger partial charge is 0.300 e. The zero-order valence-electron chi connectivity index (χ0n) is 17.6. The number of aliphatic hydroxyl groups excluding tert-OH is 1. The van der Waals surface area contributed by atoms with Gasteiger partial charge in [0.05, 0.1) is 18.7 Å². The van der Waals surface area contributed by atoms with Crippen LogP contribution in [0.4, 0.5) is 5.69 Å². The van der Waals surface area contributed by atoms with Crippen LogP contribution in [0.25, 0.3) is 5.76 Å². The maximum atomic E-state index is 13.2. The molecule has 3 aromatic carbocycles. The van der Waals surface area contributed by atoms with Crippen molar-refractivity contribution in [2.75, 3.05) is 12.0 Å². The number of nitrogens with zero attached hydrogens (tertiary/aromatic N) is 1. The highest BCUT2D eigenvalue weighted by molar-refractivity contribution is 6.51. The molecular formula is C26H23NO4. The molecule has 5 heteroatoms. The molecule has 1 aliphatic rings. The van der Waals surface area contributed by atoms with Crippen LogP contribution in [-0.4, -0.2) is 23.9 Å². The predicted molar refractivity (Wildman–Crippen MR) is 120 cm³/mol. The number of carbonyl (C=O) groups is 2. The molecule has 3 aromatic rings. The van der Waals surface area contributed by atoms with Crippen LogP contribution >= 0.6 is 0 Å². The maximum Gasteiger partial charge on any atom is 0.300 e. The third-order valence-corrected chi connectivity index (χ3v) is 5.58. The molecule has 0 saturated carbocycles. The molecule has 0 aliphatic carbocycles. The Hall–Kier alpha value is -3.86. The van der Waals surface area contributed by atoms with Gasteiger partial charge < -0.3 is 9.84 Å². The molecule has 1 saturated heterocycles. The van der Waals surface area contributed by atoms with E-state index in [9.17, 15) is 14.7 Å². The summed E-state index contributed by atoms with van der Waals surface area (Å²) in [4.78, 5) is 27.8. The summed E-state index contributed by atoms with van der Waals surface area (Å²) in [7, 11) is 1.53. The van der Waals surface area contributed by atoms with Gasteiger partial charge in [0.1, 0.15) is 11.5 Å². The zero-order chi connectivity index (χ0) is 22.1. The van der Waals surface area contributed by atoms with Crippen LogP contribution in [0.5, 0.6) is 5.75 Å². The number of ether oxygens (including phenoxy) is 1. The zero-order valence-corrected chi connectivity index (χ0v) is 17.6. The summed E-state index contributed by atoms with van der Waals surface area (Å²) in [6, 6.07) is 21.1. The number of ketones is 1. The van der Waals surface area contributed by atoms with E-state index in [2.05, 4.69) is 0 Å². The Bertz CT molecular complexity index is 1190. The second-order valence-corrected chi connectivity index (χ2v) is 7.59. The Morgan fingerprint density at radius 3 is 2.32 bits per heavy atom. The Morgan fingerprint density at radius 1 is 0.935 bits per heavy atom. The number of carbonyl (C=O) groups excluding carboxylic acids is 2. The van der Waals surface area contributed by atoms with Gasteiger partial charge in [-0.2, -0.15) is 0 Å². The third-order valence-electron chi connectivity index (χ3n) is 5.58. The van der Waals surface area contributed by atoms with Crippen LogP contribution in [0, 0.1) is 13.8 Å². The van der Waals surface area contributed by atoms with Gasteiger partial charge in [-0.05, 0) is 49.2 Å². The summed E-state index contributed by atoms with van der Waals surface area (Å²) in [5.74, 6) is -1.06. The molecule has 0 bridgehead atoms. The van der Waals surface area contributed by atoms with E-state index in [1.54, 1.807) is 24.3 Å². The van der Waals surface area contributed by atoms with Gasteiger partial charge in [-0.3, -0.25) is 14.5 Å². The lowest BCUT2D eigenvalue weighted by molar-refractivity contribution is -0.132. The number of anilines is 1. The molecule has 0 radical (unpaired) electrons. The van der Waals surface area contributed by atoms with Crippen molar-refractivity contribution in [2.24, 2.45) is 0 Å². The highest BCUT2D eigenvalue weighted by atomic mass is 16.5. The molecule has 0 spiro atoms. The summed E-state index contributed by atoms with van der Waals surface area (Å²) in [6.07, 6.45) is 0. The molecule has 1 atom stereocenters. The number of aryl methyl sites for hydroxylation is 2. The first-order valence-electron chi connectivity index (χ1n) is 10.00. The van der Waals surface area contributed by atoms with Crippen molar-refractivity contribution in [3.05, 3.63) is 101 Å². The van der Waals surface area contributed by atoms with Crippen molar-refractivity contribution in [1.29, 1.82) is 0 Å². The van der Waals surface area contributed by atoms with Crippen molar-refractivity contribution in [3.63, 3.8) is 0 Å². The topological polar surface area (TPSA) is 66.8 Å². The van der Waals surface area contributed by atoms with Crippen LogP contribution in [-0.2, 0) is 9.59 Å². The highest BCUT2D eigenvalue weighted by Gasteiger charge is 2.47. The molecule has 1 aliphatic heterocycles. The van der Waals surface area contributed by atoms with Gasteiger partial charge in [-0.15, -0.1) is 0 Å². The van der Waals surface area contributed by atoms with E-state index in [0.717, 1.165) is 16.7 Å². The van der Waals surface area contributed by atoms with Crippen LogP contribution < -0.4 is 9.64 Å². The first-order valence-corrected chi connectivity index (χ1v) is 10.00. The quantitative estimate of drug-likeness (QED) is 0.374. The maximum absolute atomic E-state index is 13.2. The summed E-state index contributed by atoms with van der Waals surface area (Å²) in [5.41, 5.74) is 3.83. The van der Waals surface area contributed by atoms with Crippen LogP contribution in [0.1, 0.15) is 28.3 Å². The molecule has 1 N–H and O–H groups in total. The summed E-state index contributed by atoms with van der Waals surface area (Å²) < 4.78 is 5.25. The summed E-state index contributed by atoms with van der Waals surface area (Å²) in [5, 5.41) is 11.2. The minimum absolute atomic E-state index is 0.0631. The fourth-order valence-corrected chi connectivity index (χ4v) is 3.92. The average Bonchev–Trinajstić information content (AvgIpc) is 3.04. The monoisotopic (exact) mass is 413 g/mol. The average molecular weight is 413 g/mol. The Labute approximate surface area is 181 Å². The first-order chi connectivity index (χ1) is 14.9. The second kappa shape index (κ2) is 8.11. The van der Waals surface area contributed by atoms with E-state index < -0.39 is 17.7 Å². The molecule has 1 amide bonds. The lowest BCUT2D eigenvalue weighted by atomic mass is 9.92. The van der Waals surface area contributed by atoms with Crippen molar-refractivity contribution in [2.45, 2.75) is 19.9 Å². The molecule has 4 rings (SSSR count). The van der Waals surface area contributed by atoms with Gasteiger partial charge in [-0.25, -0.2) is 0 Å². The van der Waals surface area contributed by atoms with Gasteiger partial charge >= 0.3 is 0 Å². The predicted octanol–water partition coefficient (Wildman–Crippen LogP) is 4.94. The van der Waals surface area contributed by atoms with Gasteiger partial charge in [0.2, 0.25) is 0 Å². The Morgan fingerprint density at radius 2 is 1.65 bits per heavy atom. The third kappa shape index (κ3) is 3.59. The Balaban J connectivity index is 1.96. The largest absolute Gasteiger partial charge is 0.507 e. The Kier molecular flexibility index (Phi) is 5.34. The molecule has 1 heterocycles. The number of amides is 1. The highest BCUT2D eigenvalue weighted by Crippen LogP contribution is 2.43. The molecule has 0 aromatic heterocycles. The van der Waals surface area contributed by atoms with Crippen molar-refractivity contribution in [1.82, 2.24) is 0 Å². The standard InChI is InChI=1S/C26H23NO4/c1-16-11-13-19(14-12-16)27-23(21-10-5-4-7-17(21)2)22(25(29)26(27)30)24(28)18-8-6-9-20(15-18)31-3/h4-15,23,28H,1-3H3/b24-22+. The van der Waals surface area contributed by atoms with E-state index in [4.69, 9.17) is 4.74 Å². The van der Waals surface area contributed by atoms with E-state index in [1.165, 1.54) is 12.0 Å². The lowest BCUT2D eigenvalue weighted by Crippen LogP contribution is -2.29. The number of methoxy groups -OCH3 is 1. The van der Waals surface area contributed by atoms with E-state index >= 15 is 0 Å². The molecular weight excluding hydrogens is 390 g/mol. The molecule has 31 heavy (non-hydrogen) atoms. The number of hydrogen-bond acceptors (Lipinski definition) is 4. The molecule has 1 fully saturated rings. The summed E-state index contributed by atoms with van der Waals surface area (Å²) >= 11 is 0. The SMILES string of the molecule is COc1cccc(/C(O)=C2\C(=O)C(=O)N(c3ccc(C)cc3)C2c2ccccc2C)c1. The molecule has 5 nitrogen and oxygen atoms in total. The molecule has 156 valence electrons. The van der Waals surface area contributed by atoms with Gasteiger partial charge in [0.15, 0.2) is 0 Å². The number of benzene rings is 3. The number of hydrogen-bond donors (Lipinski definition) is 1. The number of Topliss-reactive ketones (excluding diaryl/α,β-unsaturated/α-hetero) is 1.